The van der Waals surface area contributed by atoms with Crippen molar-refractivity contribution >= 4 is 11.8 Å². The van der Waals surface area contributed by atoms with Crippen LogP contribution in [0.1, 0.15) is 84.5 Å². The molecule has 4 heteroatoms. The molecule has 0 aliphatic rings. The van der Waals surface area contributed by atoms with Crippen molar-refractivity contribution in [3.8, 4) is 11.8 Å². The average molecular weight is 324 g/mol. The maximum absolute atomic E-state index is 11.6. The molecule has 0 saturated carbocycles. The fourth-order valence-electron chi connectivity index (χ4n) is 2.43. The van der Waals surface area contributed by atoms with E-state index in [1.54, 1.807) is 6.92 Å². The highest BCUT2D eigenvalue weighted by atomic mass is 16.4. The Morgan fingerprint density at radius 2 is 1.65 bits per heavy atom. The van der Waals surface area contributed by atoms with Crippen LogP contribution in [0, 0.1) is 17.8 Å². The summed E-state index contributed by atoms with van der Waals surface area (Å²) in [6, 6.07) is 0. The van der Waals surface area contributed by atoms with Crippen molar-refractivity contribution < 1.29 is 19.8 Å². The molecule has 4 nitrogen and oxygen atoms in total. The van der Waals surface area contributed by atoms with E-state index < -0.39 is 12.1 Å². The van der Waals surface area contributed by atoms with Crippen LogP contribution in [0.5, 0.6) is 0 Å². The van der Waals surface area contributed by atoms with Crippen LogP contribution in [0.15, 0.2) is 0 Å². The second kappa shape index (κ2) is 14.3. The van der Waals surface area contributed by atoms with E-state index in [-0.39, 0.29) is 18.1 Å². The molecule has 0 saturated heterocycles. The third-order valence-corrected chi connectivity index (χ3v) is 3.97. The van der Waals surface area contributed by atoms with E-state index in [0.717, 1.165) is 44.9 Å². The van der Waals surface area contributed by atoms with E-state index in [4.69, 9.17) is 5.11 Å². The van der Waals surface area contributed by atoms with Crippen LogP contribution in [-0.4, -0.2) is 28.1 Å². The highest BCUT2D eigenvalue weighted by molar-refractivity contribution is 5.78. The molecule has 0 amide bonds. The maximum Gasteiger partial charge on any atom is 0.303 e. The lowest BCUT2D eigenvalue weighted by Gasteiger charge is -2.10. The molecule has 0 aromatic carbocycles. The van der Waals surface area contributed by atoms with E-state index in [0.29, 0.717) is 19.3 Å². The van der Waals surface area contributed by atoms with Gasteiger partial charge in [0.1, 0.15) is 11.9 Å². The third kappa shape index (κ3) is 14.0. The first-order valence-corrected chi connectivity index (χ1v) is 8.86. The highest BCUT2D eigenvalue weighted by Gasteiger charge is 2.12. The number of carbonyl (C=O) groups is 2. The largest absolute Gasteiger partial charge is 0.481 e. The van der Waals surface area contributed by atoms with Gasteiger partial charge in [0.2, 0.25) is 0 Å². The molecular weight excluding hydrogens is 292 g/mol. The van der Waals surface area contributed by atoms with Gasteiger partial charge < -0.3 is 10.2 Å². The Bertz CT molecular complexity index is 392. The van der Waals surface area contributed by atoms with E-state index in [1.807, 2.05) is 0 Å². The smallest absolute Gasteiger partial charge is 0.303 e. The van der Waals surface area contributed by atoms with E-state index in [1.165, 1.54) is 0 Å². The van der Waals surface area contributed by atoms with Gasteiger partial charge in [0.05, 0.1) is 0 Å². The van der Waals surface area contributed by atoms with Gasteiger partial charge in [-0.1, -0.05) is 50.9 Å². The number of carboxylic acid groups (broad SMARTS) is 1. The van der Waals surface area contributed by atoms with Gasteiger partial charge >= 0.3 is 5.97 Å². The summed E-state index contributed by atoms with van der Waals surface area (Å²) < 4.78 is 0. The highest BCUT2D eigenvalue weighted by Crippen LogP contribution is 2.16. The zero-order valence-electron chi connectivity index (χ0n) is 14.6. The Balaban J connectivity index is 3.94. The topological polar surface area (TPSA) is 74.6 Å². The zero-order valence-corrected chi connectivity index (χ0v) is 14.6. The Morgan fingerprint density at radius 3 is 2.26 bits per heavy atom. The summed E-state index contributed by atoms with van der Waals surface area (Å²) in [4.78, 5) is 22.0. The molecule has 132 valence electrons. The summed E-state index contributed by atoms with van der Waals surface area (Å²) in [7, 11) is 0. The van der Waals surface area contributed by atoms with Crippen molar-refractivity contribution in [1.29, 1.82) is 0 Å². The molecule has 0 heterocycles. The summed E-state index contributed by atoms with van der Waals surface area (Å²) in [5, 5.41) is 18.3. The first-order valence-electron chi connectivity index (χ1n) is 8.86. The molecule has 2 atom stereocenters. The number of rotatable bonds is 13. The molecule has 0 rings (SSSR count). The number of hydrogen-bond donors (Lipinski definition) is 2. The molecular formula is C19H32O4. The van der Waals surface area contributed by atoms with Gasteiger partial charge in [0.15, 0.2) is 0 Å². The van der Waals surface area contributed by atoms with E-state index >= 15 is 0 Å². The minimum atomic E-state index is -0.751. The summed E-state index contributed by atoms with van der Waals surface area (Å²) in [6.07, 6.45) is 8.32. The fourth-order valence-corrected chi connectivity index (χ4v) is 2.43. The van der Waals surface area contributed by atoms with Crippen LogP contribution in [0.3, 0.4) is 0 Å². The number of aliphatic carboxylic acids is 1. The number of aliphatic hydroxyl groups is 1. The van der Waals surface area contributed by atoms with E-state index in [9.17, 15) is 14.7 Å². The first-order chi connectivity index (χ1) is 11.0. The van der Waals surface area contributed by atoms with Gasteiger partial charge in [0.25, 0.3) is 0 Å². The predicted molar refractivity (Wildman–Crippen MR) is 92.1 cm³/mol. The SMILES string of the molecule is CCCCC[C@H](O)C#CCC(CCCCCCC(=O)O)C(C)=O. The van der Waals surface area contributed by atoms with E-state index in [2.05, 4.69) is 18.8 Å². The Hall–Kier alpha value is -1.34. The predicted octanol–water partition coefficient (Wildman–Crippen LogP) is 3.95. The van der Waals surface area contributed by atoms with Crippen molar-refractivity contribution in [3.63, 3.8) is 0 Å². The number of ketones is 1. The number of carbonyl (C=O) groups excluding carboxylic acids is 1. The molecule has 0 aliphatic heterocycles. The molecule has 0 bridgehead atoms. The van der Waals surface area contributed by atoms with Crippen molar-refractivity contribution in [1.82, 2.24) is 0 Å². The van der Waals surface area contributed by atoms with Gasteiger partial charge in [-0.05, 0) is 32.6 Å². The van der Waals surface area contributed by atoms with Crippen LogP contribution in [0.2, 0.25) is 0 Å². The fraction of sp³-hybridized carbons (Fsp3) is 0.789. The van der Waals surface area contributed by atoms with Gasteiger partial charge in [0, 0.05) is 18.8 Å². The zero-order chi connectivity index (χ0) is 17.5. The number of carboxylic acids is 1. The second-order valence-electron chi connectivity index (χ2n) is 6.19. The minimum absolute atomic E-state index is 0.0650. The van der Waals surface area contributed by atoms with Crippen molar-refractivity contribution in [2.24, 2.45) is 5.92 Å². The number of hydrogen-bond acceptors (Lipinski definition) is 3. The van der Waals surface area contributed by atoms with Gasteiger partial charge in [-0.25, -0.2) is 0 Å². The Kier molecular flexibility index (Phi) is 13.4. The summed E-state index contributed by atoms with van der Waals surface area (Å²) in [6.45, 7) is 3.71. The molecule has 0 aliphatic carbocycles. The molecule has 0 spiro atoms. The van der Waals surface area contributed by atoms with Gasteiger partial charge in [-0.15, -0.1) is 0 Å². The van der Waals surface area contributed by atoms with Crippen LogP contribution in [0.25, 0.3) is 0 Å². The van der Waals surface area contributed by atoms with Crippen molar-refractivity contribution in [3.05, 3.63) is 0 Å². The number of unbranched alkanes of at least 4 members (excludes halogenated alkanes) is 5. The normalized spacial score (nSPS) is 13.0. The molecule has 23 heavy (non-hydrogen) atoms. The molecule has 1 unspecified atom stereocenters. The average Bonchev–Trinajstić information content (AvgIpc) is 2.48. The number of Topliss-reactive ketones (excluding diaryl/α,β-unsaturated/α-hetero) is 1. The Labute approximate surface area is 140 Å². The van der Waals surface area contributed by atoms with Gasteiger partial charge in [-0.2, -0.15) is 0 Å². The van der Waals surface area contributed by atoms with Crippen molar-refractivity contribution in [2.45, 2.75) is 90.6 Å². The lowest BCUT2D eigenvalue weighted by molar-refractivity contribution is -0.137. The summed E-state index contributed by atoms with van der Waals surface area (Å²) in [5.74, 6) is 5.13. The van der Waals surface area contributed by atoms with Crippen LogP contribution in [0.4, 0.5) is 0 Å². The van der Waals surface area contributed by atoms with Crippen molar-refractivity contribution in [2.75, 3.05) is 0 Å². The summed E-state index contributed by atoms with van der Waals surface area (Å²) in [5.41, 5.74) is 0. The molecule has 0 aromatic rings. The quantitative estimate of drug-likeness (QED) is 0.397. The minimum Gasteiger partial charge on any atom is -0.481 e. The first kappa shape index (κ1) is 21.7. The monoisotopic (exact) mass is 324 g/mol. The lowest BCUT2D eigenvalue weighted by atomic mass is 9.94. The molecule has 0 fully saturated rings. The molecule has 2 N–H and O–H groups in total. The van der Waals surface area contributed by atoms with Crippen LogP contribution >= 0.6 is 0 Å². The number of aliphatic hydroxyl groups excluding tert-OH is 1. The van der Waals surface area contributed by atoms with Crippen LogP contribution in [-0.2, 0) is 9.59 Å². The van der Waals surface area contributed by atoms with Crippen LogP contribution < -0.4 is 0 Å². The summed E-state index contributed by atoms with van der Waals surface area (Å²) >= 11 is 0. The maximum atomic E-state index is 11.6. The Morgan fingerprint density at radius 1 is 1.00 bits per heavy atom. The second-order valence-corrected chi connectivity index (χ2v) is 6.19. The van der Waals surface area contributed by atoms with Gasteiger partial charge in [-0.3, -0.25) is 9.59 Å². The standard InChI is InChI=1S/C19H32O4/c1-3-4-7-13-18(21)14-10-12-17(16(2)20)11-8-5-6-9-15-19(22)23/h17-18,21H,3-9,11-13,15H2,1-2H3,(H,22,23)/t17?,18-/m0/s1. The lowest BCUT2D eigenvalue weighted by Crippen LogP contribution is -2.10. The molecule has 0 aromatic heterocycles. The molecule has 0 radical (unpaired) electrons. The third-order valence-electron chi connectivity index (χ3n) is 3.97.